The highest BCUT2D eigenvalue weighted by molar-refractivity contribution is 6.30. The summed E-state index contributed by atoms with van der Waals surface area (Å²) in [5.74, 6) is 1.87. The number of ether oxygens (including phenoxy) is 2. The highest BCUT2D eigenvalue weighted by Gasteiger charge is 2.17. The number of fused-ring (bicyclic) bond motifs is 1. The summed E-state index contributed by atoms with van der Waals surface area (Å²) in [6.07, 6.45) is 0.943. The summed E-state index contributed by atoms with van der Waals surface area (Å²) < 4.78 is 10.9. The summed E-state index contributed by atoms with van der Waals surface area (Å²) in [7, 11) is 1.68. The minimum atomic E-state index is 0.736. The zero-order valence-corrected chi connectivity index (χ0v) is 12.7. The molecule has 0 aliphatic carbocycles. The quantitative estimate of drug-likeness (QED) is 0.916. The van der Waals surface area contributed by atoms with Gasteiger partial charge in [-0.15, -0.1) is 0 Å². The first kappa shape index (κ1) is 14.2. The highest BCUT2D eigenvalue weighted by Crippen LogP contribution is 2.32. The van der Waals surface area contributed by atoms with Crippen LogP contribution in [0.5, 0.6) is 11.5 Å². The number of nitrogens with one attached hydrogen (secondary N) is 1. The van der Waals surface area contributed by atoms with E-state index < -0.39 is 0 Å². The van der Waals surface area contributed by atoms with Crippen LogP contribution < -0.4 is 14.8 Å². The first-order valence-electron chi connectivity index (χ1n) is 7.04. The Morgan fingerprint density at radius 1 is 1.24 bits per heavy atom. The molecular formula is C17H18ClNO2. The van der Waals surface area contributed by atoms with Crippen LogP contribution in [0.25, 0.3) is 0 Å². The molecule has 1 aliphatic heterocycles. The summed E-state index contributed by atoms with van der Waals surface area (Å²) in [6.45, 7) is 2.26. The Bertz CT molecular complexity index is 643. The molecule has 0 spiro atoms. The normalized spacial score (nSPS) is 12.9. The van der Waals surface area contributed by atoms with Gasteiger partial charge in [-0.05, 0) is 35.4 Å². The second-order valence-electron chi connectivity index (χ2n) is 5.11. The molecule has 0 bridgehead atoms. The smallest absolute Gasteiger partial charge is 0.127 e. The van der Waals surface area contributed by atoms with Gasteiger partial charge in [0, 0.05) is 30.1 Å². The SMILES string of the molecule is COc1cccc(CNCc2cc(Cl)cc3c2OCC3)c1. The molecule has 0 amide bonds. The van der Waals surface area contributed by atoms with Gasteiger partial charge in [0.1, 0.15) is 11.5 Å². The minimum Gasteiger partial charge on any atom is -0.497 e. The second kappa shape index (κ2) is 6.37. The Hall–Kier alpha value is -1.71. The lowest BCUT2D eigenvalue weighted by molar-refractivity contribution is 0.352. The molecular weight excluding hydrogens is 286 g/mol. The van der Waals surface area contributed by atoms with Crippen LogP contribution in [-0.2, 0) is 19.5 Å². The topological polar surface area (TPSA) is 30.5 Å². The van der Waals surface area contributed by atoms with E-state index in [2.05, 4.69) is 11.4 Å². The molecule has 0 aromatic heterocycles. The van der Waals surface area contributed by atoms with Crippen molar-refractivity contribution >= 4 is 11.6 Å². The van der Waals surface area contributed by atoms with Crippen LogP contribution in [0.4, 0.5) is 0 Å². The van der Waals surface area contributed by atoms with Gasteiger partial charge >= 0.3 is 0 Å². The average Bonchev–Trinajstić information content (AvgIpc) is 2.95. The summed E-state index contributed by atoms with van der Waals surface area (Å²) in [6, 6.07) is 12.0. The van der Waals surface area contributed by atoms with Crippen LogP contribution in [-0.4, -0.2) is 13.7 Å². The van der Waals surface area contributed by atoms with Crippen molar-refractivity contribution in [1.29, 1.82) is 0 Å². The Kier molecular flexibility index (Phi) is 4.32. The molecule has 1 aliphatic rings. The molecule has 3 nitrogen and oxygen atoms in total. The fourth-order valence-electron chi connectivity index (χ4n) is 2.60. The van der Waals surface area contributed by atoms with Crippen LogP contribution in [0.15, 0.2) is 36.4 Å². The standard InChI is InChI=1S/C17H18ClNO2/c1-20-16-4-2-3-12(7-16)10-19-11-14-9-15(18)8-13-5-6-21-17(13)14/h2-4,7-9,19H,5-6,10-11H2,1H3. The third kappa shape index (κ3) is 3.31. The zero-order valence-electron chi connectivity index (χ0n) is 12.0. The van der Waals surface area contributed by atoms with Crippen molar-refractivity contribution in [2.75, 3.05) is 13.7 Å². The van der Waals surface area contributed by atoms with E-state index in [-0.39, 0.29) is 0 Å². The van der Waals surface area contributed by atoms with E-state index in [0.717, 1.165) is 48.2 Å². The predicted molar refractivity (Wildman–Crippen MR) is 84.2 cm³/mol. The Morgan fingerprint density at radius 3 is 3.00 bits per heavy atom. The van der Waals surface area contributed by atoms with Crippen molar-refractivity contribution in [2.45, 2.75) is 19.5 Å². The van der Waals surface area contributed by atoms with E-state index in [1.807, 2.05) is 30.3 Å². The van der Waals surface area contributed by atoms with Gasteiger partial charge in [0.15, 0.2) is 0 Å². The molecule has 3 rings (SSSR count). The lowest BCUT2D eigenvalue weighted by atomic mass is 10.1. The molecule has 0 radical (unpaired) electrons. The highest BCUT2D eigenvalue weighted by atomic mass is 35.5. The van der Waals surface area contributed by atoms with Crippen molar-refractivity contribution in [3.63, 3.8) is 0 Å². The Balaban J connectivity index is 1.65. The predicted octanol–water partition coefficient (Wildman–Crippen LogP) is 3.57. The van der Waals surface area contributed by atoms with Gasteiger partial charge < -0.3 is 14.8 Å². The monoisotopic (exact) mass is 303 g/mol. The van der Waals surface area contributed by atoms with Crippen molar-refractivity contribution in [3.05, 3.63) is 58.1 Å². The summed E-state index contributed by atoms with van der Waals surface area (Å²) in [5.41, 5.74) is 3.52. The van der Waals surface area contributed by atoms with E-state index >= 15 is 0 Å². The molecule has 0 saturated carbocycles. The van der Waals surface area contributed by atoms with E-state index in [0.29, 0.717) is 0 Å². The molecule has 21 heavy (non-hydrogen) atoms. The van der Waals surface area contributed by atoms with Gasteiger partial charge in [-0.3, -0.25) is 0 Å². The zero-order chi connectivity index (χ0) is 14.7. The van der Waals surface area contributed by atoms with Crippen LogP contribution in [0, 0.1) is 0 Å². The Morgan fingerprint density at radius 2 is 2.14 bits per heavy atom. The maximum atomic E-state index is 6.16. The largest absolute Gasteiger partial charge is 0.497 e. The number of rotatable bonds is 5. The van der Waals surface area contributed by atoms with Crippen molar-refractivity contribution in [3.8, 4) is 11.5 Å². The molecule has 1 heterocycles. The molecule has 1 N–H and O–H groups in total. The maximum Gasteiger partial charge on any atom is 0.127 e. The van der Waals surface area contributed by atoms with Crippen LogP contribution in [0.1, 0.15) is 16.7 Å². The molecule has 110 valence electrons. The number of methoxy groups -OCH3 is 1. The van der Waals surface area contributed by atoms with Crippen molar-refractivity contribution in [2.24, 2.45) is 0 Å². The van der Waals surface area contributed by atoms with Crippen LogP contribution in [0.3, 0.4) is 0 Å². The molecule has 2 aromatic rings. The van der Waals surface area contributed by atoms with E-state index in [1.54, 1.807) is 7.11 Å². The maximum absolute atomic E-state index is 6.16. The number of benzene rings is 2. The lowest BCUT2D eigenvalue weighted by Crippen LogP contribution is -2.13. The summed E-state index contributed by atoms with van der Waals surface area (Å²) in [5, 5.41) is 4.21. The molecule has 0 saturated heterocycles. The third-order valence-corrected chi connectivity index (χ3v) is 3.82. The average molecular weight is 304 g/mol. The Labute approximate surface area is 129 Å². The van der Waals surface area contributed by atoms with Crippen molar-refractivity contribution in [1.82, 2.24) is 5.32 Å². The number of hydrogen-bond donors (Lipinski definition) is 1. The van der Waals surface area contributed by atoms with Crippen LogP contribution in [0.2, 0.25) is 5.02 Å². The van der Waals surface area contributed by atoms with Crippen LogP contribution >= 0.6 is 11.6 Å². The number of halogens is 1. The van der Waals surface area contributed by atoms with Gasteiger partial charge in [-0.1, -0.05) is 23.7 Å². The summed E-state index contributed by atoms with van der Waals surface area (Å²) in [4.78, 5) is 0. The molecule has 0 fully saturated rings. The fourth-order valence-corrected chi connectivity index (χ4v) is 2.86. The molecule has 4 heteroatoms. The second-order valence-corrected chi connectivity index (χ2v) is 5.54. The minimum absolute atomic E-state index is 0.736. The summed E-state index contributed by atoms with van der Waals surface area (Å²) >= 11 is 6.16. The van der Waals surface area contributed by atoms with Gasteiger partial charge in [0.25, 0.3) is 0 Å². The van der Waals surface area contributed by atoms with Gasteiger partial charge in [0.05, 0.1) is 13.7 Å². The molecule has 2 aromatic carbocycles. The molecule has 0 unspecified atom stereocenters. The first-order valence-corrected chi connectivity index (χ1v) is 7.42. The van der Waals surface area contributed by atoms with E-state index in [1.165, 1.54) is 11.1 Å². The van der Waals surface area contributed by atoms with Gasteiger partial charge in [0.2, 0.25) is 0 Å². The van der Waals surface area contributed by atoms with Gasteiger partial charge in [-0.25, -0.2) is 0 Å². The van der Waals surface area contributed by atoms with E-state index in [4.69, 9.17) is 21.1 Å². The van der Waals surface area contributed by atoms with Crippen molar-refractivity contribution < 1.29 is 9.47 Å². The fraction of sp³-hybridized carbons (Fsp3) is 0.294. The van der Waals surface area contributed by atoms with E-state index in [9.17, 15) is 0 Å². The molecule has 0 atom stereocenters. The van der Waals surface area contributed by atoms with Gasteiger partial charge in [-0.2, -0.15) is 0 Å². The number of hydrogen-bond acceptors (Lipinski definition) is 3. The third-order valence-electron chi connectivity index (χ3n) is 3.60. The first-order chi connectivity index (χ1) is 10.3. The lowest BCUT2D eigenvalue weighted by Gasteiger charge is -2.11.